The van der Waals surface area contributed by atoms with E-state index in [4.69, 9.17) is 9.84 Å². The van der Waals surface area contributed by atoms with E-state index in [0.717, 1.165) is 40.5 Å². The Morgan fingerprint density at radius 2 is 1.61 bits per heavy atom. The smallest absolute Gasteiger partial charge is 0.190 e. The van der Waals surface area contributed by atoms with Crippen molar-refractivity contribution in [3.63, 3.8) is 0 Å². The minimum Gasteiger partial charge on any atom is -0.497 e. The molecule has 0 aliphatic carbocycles. The maximum Gasteiger partial charge on any atom is 0.190 e. The summed E-state index contributed by atoms with van der Waals surface area (Å²) in [6.45, 7) is 10.0. The van der Waals surface area contributed by atoms with Crippen LogP contribution in [-0.2, 0) is 10.2 Å². The van der Waals surface area contributed by atoms with Crippen molar-refractivity contribution in [3.8, 4) is 11.4 Å². The van der Waals surface area contributed by atoms with E-state index in [2.05, 4.69) is 29.8 Å². The number of benzene rings is 3. The fourth-order valence-corrected chi connectivity index (χ4v) is 5.96. The SMILES string of the molecule is COc1cccc(C(C)(C)C2N(c3ccc(-n4ccnc4C)cc3)N=C(SC(C)(C)C=O)N2c2ccc(F)cc2)c1. The number of aldehydes is 1. The molecule has 0 saturated heterocycles. The number of ether oxygens (including phenoxy) is 1. The number of methoxy groups -OCH3 is 1. The van der Waals surface area contributed by atoms with Crippen LogP contribution in [-0.4, -0.2) is 39.0 Å². The van der Waals surface area contributed by atoms with Crippen LogP contribution in [0.3, 0.4) is 0 Å². The van der Waals surface area contributed by atoms with Gasteiger partial charge >= 0.3 is 0 Å². The average molecular weight is 572 g/mol. The number of carbonyl (C=O) groups excluding carboxylic acids is 1. The lowest BCUT2D eigenvalue weighted by Crippen LogP contribution is -2.54. The van der Waals surface area contributed by atoms with Crippen molar-refractivity contribution in [2.75, 3.05) is 17.0 Å². The Labute approximate surface area is 244 Å². The second kappa shape index (κ2) is 11.0. The summed E-state index contributed by atoms with van der Waals surface area (Å²) in [5, 5.41) is 7.77. The number of rotatable bonds is 8. The molecular formula is C32H34FN5O2S. The number of imidazole rings is 1. The van der Waals surface area contributed by atoms with Crippen LogP contribution < -0.4 is 14.6 Å². The molecule has 4 aromatic rings. The van der Waals surface area contributed by atoms with Gasteiger partial charge in [0.2, 0.25) is 0 Å². The molecule has 0 bridgehead atoms. The van der Waals surface area contributed by atoms with Gasteiger partial charge in [-0.25, -0.2) is 14.4 Å². The lowest BCUT2D eigenvalue weighted by Gasteiger charge is -2.43. The van der Waals surface area contributed by atoms with Crippen molar-refractivity contribution in [2.45, 2.75) is 50.9 Å². The second-order valence-corrected chi connectivity index (χ2v) is 12.7. The minimum absolute atomic E-state index is 0.321. The van der Waals surface area contributed by atoms with E-state index in [-0.39, 0.29) is 12.0 Å². The van der Waals surface area contributed by atoms with Gasteiger partial charge in [0.25, 0.3) is 0 Å². The number of halogens is 1. The van der Waals surface area contributed by atoms with E-state index in [9.17, 15) is 9.18 Å². The Morgan fingerprint density at radius 1 is 0.951 bits per heavy atom. The van der Waals surface area contributed by atoms with Crippen molar-refractivity contribution in [2.24, 2.45) is 5.10 Å². The van der Waals surface area contributed by atoms with Gasteiger partial charge in [-0.3, -0.25) is 4.90 Å². The van der Waals surface area contributed by atoms with Crippen molar-refractivity contribution in [1.82, 2.24) is 9.55 Å². The summed E-state index contributed by atoms with van der Waals surface area (Å²) in [7, 11) is 1.65. The molecule has 1 unspecified atom stereocenters. The number of thioether (sulfide) groups is 1. The zero-order valence-electron chi connectivity index (χ0n) is 24.1. The number of aryl methyl sites for hydroxylation is 1. The Balaban J connectivity index is 1.67. The number of amidine groups is 1. The van der Waals surface area contributed by atoms with Crippen LogP contribution in [0.25, 0.3) is 5.69 Å². The highest BCUT2D eigenvalue weighted by Gasteiger charge is 2.48. The summed E-state index contributed by atoms with van der Waals surface area (Å²) in [5.74, 6) is 1.33. The third kappa shape index (κ3) is 5.59. The van der Waals surface area contributed by atoms with Gasteiger partial charge in [-0.2, -0.15) is 0 Å². The first-order valence-electron chi connectivity index (χ1n) is 13.4. The predicted molar refractivity (Wildman–Crippen MR) is 165 cm³/mol. The fraction of sp³-hybridized carbons (Fsp3) is 0.281. The maximum atomic E-state index is 14.1. The zero-order chi connectivity index (χ0) is 29.4. The number of hydrogen-bond acceptors (Lipinski definition) is 7. The minimum atomic E-state index is -0.736. The molecule has 0 spiro atoms. The molecule has 5 rings (SSSR count). The Morgan fingerprint density at radius 3 is 2.22 bits per heavy atom. The highest BCUT2D eigenvalue weighted by Crippen LogP contribution is 2.44. The van der Waals surface area contributed by atoms with E-state index in [1.807, 2.05) is 79.0 Å². The molecule has 1 aliphatic heterocycles. The molecule has 3 aromatic carbocycles. The van der Waals surface area contributed by atoms with Crippen LogP contribution in [0.2, 0.25) is 0 Å². The van der Waals surface area contributed by atoms with Gasteiger partial charge in [0.1, 0.15) is 29.8 Å². The van der Waals surface area contributed by atoms with Gasteiger partial charge in [-0.1, -0.05) is 37.7 Å². The lowest BCUT2D eigenvalue weighted by molar-refractivity contribution is -0.109. The van der Waals surface area contributed by atoms with E-state index >= 15 is 0 Å². The molecule has 2 heterocycles. The standard InChI is InChI=1S/C32H34FN5O2S/c1-22-34-18-19-36(22)25-14-16-27(17-15-25)38-29(32(4,5)23-8-7-9-28(20-23)40-6)37(26-12-10-24(33)11-13-26)30(35-38)41-31(2,3)21-39/h7-21,29H,1-6H3. The summed E-state index contributed by atoms with van der Waals surface area (Å²) >= 11 is 1.38. The van der Waals surface area contributed by atoms with E-state index < -0.39 is 10.2 Å². The number of carbonyl (C=O) groups is 1. The second-order valence-electron chi connectivity index (χ2n) is 11.1. The number of hydrogen-bond donors (Lipinski definition) is 0. The van der Waals surface area contributed by atoms with E-state index in [1.54, 1.807) is 25.4 Å². The normalized spacial score (nSPS) is 15.7. The summed E-state index contributed by atoms with van der Waals surface area (Å²) in [6, 6.07) is 22.6. The van der Waals surface area contributed by atoms with Gasteiger partial charge in [-0.15, -0.1) is 5.10 Å². The third-order valence-electron chi connectivity index (χ3n) is 7.30. The van der Waals surface area contributed by atoms with Crippen LogP contribution in [0.15, 0.2) is 90.3 Å². The highest BCUT2D eigenvalue weighted by atomic mass is 32.2. The van der Waals surface area contributed by atoms with Crippen LogP contribution >= 0.6 is 11.8 Å². The lowest BCUT2D eigenvalue weighted by atomic mass is 9.80. The first kappa shape index (κ1) is 28.4. The molecule has 0 amide bonds. The topological polar surface area (TPSA) is 63.0 Å². The van der Waals surface area contributed by atoms with Gasteiger partial charge < -0.3 is 14.1 Å². The van der Waals surface area contributed by atoms with Crippen molar-refractivity contribution in [1.29, 1.82) is 0 Å². The number of aromatic nitrogens is 2. The molecule has 1 aliphatic rings. The number of nitrogens with zero attached hydrogens (tertiary/aromatic N) is 5. The van der Waals surface area contributed by atoms with Gasteiger partial charge in [0.15, 0.2) is 5.17 Å². The Kier molecular flexibility index (Phi) is 7.66. The molecule has 0 radical (unpaired) electrons. The van der Waals surface area contributed by atoms with E-state index in [0.29, 0.717) is 5.17 Å². The van der Waals surface area contributed by atoms with Crippen molar-refractivity contribution < 1.29 is 13.9 Å². The first-order chi connectivity index (χ1) is 19.5. The largest absolute Gasteiger partial charge is 0.497 e. The van der Waals surface area contributed by atoms with Crippen LogP contribution in [0.5, 0.6) is 5.75 Å². The molecule has 0 saturated carbocycles. The number of anilines is 2. The molecular weight excluding hydrogens is 537 g/mol. The Bertz CT molecular complexity index is 1560. The van der Waals surface area contributed by atoms with Crippen molar-refractivity contribution >= 4 is 34.6 Å². The third-order valence-corrected chi connectivity index (χ3v) is 8.38. The van der Waals surface area contributed by atoms with Gasteiger partial charge in [0, 0.05) is 29.2 Å². The quantitative estimate of drug-likeness (QED) is 0.214. The molecule has 1 atom stereocenters. The molecule has 0 fully saturated rings. The van der Waals surface area contributed by atoms with Crippen LogP contribution in [0, 0.1) is 12.7 Å². The Hall–Kier alpha value is -4.11. The zero-order valence-corrected chi connectivity index (χ0v) is 24.9. The molecule has 1 aromatic heterocycles. The van der Waals surface area contributed by atoms with E-state index in [1.165, 1.54) is 23.9 Å². The number of hydrazone groups is 1. The molecule has 9 heteroatoms. The molecule has 0 N–H and O–H groups in total. The van der Waals surface area contributed by atoms with Crippen LogP contribution in [0.1, 0.15) is 39.1 Å². The molecule has 41 heavy (non-hydrogen) atoms. The van der Waals surface area contributed by atoms with Crippen molar-refractivity contribution in [3.05, 3.63) is 102 Å². The highest BCUT2D eigenvalue weighted by molar-refractivity contribution is 8.15. The fourth-order valence-electron chi connectivity index (χ4n) is 5.01. The summed E-state index contributed by atoms with van der Waals surface area (Å²) in [6.07, 6.45) is 4.26. The first-order valence-corrected chi connectivity index (χ1v) is 14.2. The average Bonchev–Trinajstić information content (AvgIpc) is 3.57. The summed E-state index contributed by atoms with van der Waals surface area (Å²) in [4.78, 5) is 18.5. The van der Waals surface area contributed by atoms with Crippen LogP contribution in [0.4, 0.5) is 15.8 Å². The summed E-state index contributed by atoms with van der Waals surface area (Å²) < 4.78 is 20.9. The van der Waals surface area contributed by atoms with Gasteiger partial charge in [0.05, 0.1) is 17.5 Å². The molecule has 7 nitrogen and oxygen atoms in total. The monoisotopic (exact) mass is 571 g/mol. The van der Waals surface area contributed by atoms with Gasteiger partial charge in [-0.05, 0) is 87.0 Å². The molecule has 212 valence electrons. The maximum absolute atomic E-state index is 14.1. The predicted octanol–water partition coefficient (Wildman–Crippen LogP) is 6.94. The summed E-state index contributed by atoms with van der Waals surface area (Å²) in [5.41, 5.74) is 3.15.